The van der Waals surface area contributed by atoms with Crippen LogP contribution in [-0.4, -0.2) is 21.9 Å². The molecule has 0 amide bonds. The summed E-state index contributed by atoms with van der Waals surface area (Å²) in [6.45, 7) is 0. The van der Waals surface area contributed by atoms with Gasteiger partial charge < -0.3 is 5.11 Å². The number of nitrogens with zero attached hydrogens (tertiary/aromatic N) is 1. The molecule has 0 aliphatic carbocycles. The third-order valence-electron chi connectivity index (χ3n) is 2.16. The van der Waals surface area contributed by atoms with Crippen molar-refractivity contribution in [2.24, 2.45) is 0 Å². The molecule has 1 N–H and O–H groups in total. The van der Waals surface area contributed by atoms with Crippen LogP contribution in [0.2, 0.25) is 0 Å². The third kappa shape index (κ3) is 4.43. The van der Waals surface area contributed by atoms with Gasteiger partial charge in [-0.2, -0.15) is 0 Å². The maximum absolute atomic E-state index is 9.90. The summed E-state index contributed by atoms with van der Waals surface area (Å²) < 4.78 is 1.07. The Hall–Kier alpha value is -0.360. The van der Waals surface area contributed by atoms with Gasteiger partial charge in [0.25, 0.3) is 0 Å². The van der Waals surface area contributed by atoms with Gasteiger partial charge in [-0.1, -0.05) is 22.0 Å². The lowest BCUT2D eigenvalue weighted by atomic mass is 10.3. The Morgan fingerprint density at radius 1 is 1.47 bits per heavy atom. The van der Waals surface area contributed by atoms with Gasteiger partial charge in [-0.05, 0) is 18.2 Å². The van der Waals surface area contributed by atoms with E-state index in [0.29, 0.717) is 12.2 Å². The summed E-state index contributed by atoms with van der Waals surface area (Å²) in [6, 6.07) is 8.11. The molecule has 1 unspecified atom stereocenters. The number of aromatic nitrogens is 1. The molecule has 0 bridgehead atoms. The summed E-state index contributed by atoms with van der Waals surface area (Å²) in [4.78, 5) is 6.30. The van der Waals surface area contributed by atoms with E-state index in [1.807, 2.05) is 18.3 Å². The Morgan fingerprint density at radius 3 is 3.06 bits per heavy atom. The van der Waals surface area contributed by atoms with Crippen molar-refractivity contribution >= 4 is 39.0 Å². The molecule has 5 heteroatoms. The SMILES string of the molecule is OC(CSc1cccc(Br)c1)Cc1cncs1. The summed E-state index contributed by atoms with van der Waals surface area (Å²) >= 11 is 6.69. The second kappa shape index (κ2) is 6.54. The molecule has 1 atom stereocenters. The Labute approximate surface area is 117 Å². The van der Waals surface area contributed by atoms with Crippen molar-refractivity contribution in [3.05, 3.63) is 45.3 Å². The number of rotatable bonds is 5. The van der Waals surface area contributed by atoms with Gasteiger partial charge in [-0.15, -0.1) is 23.1 Å². The Bertz CT molecular complexity index is 461. The first kappa shape index (κ1) is 13.1. The zero-order chi connectivity index (χ0) is 12.1. The highest BCUT2D eigenvalue weighted by Crippen LogP contribution is 2.23. The molecule has 0 saturated carbocycles. The molecule has 0 saturated heterocycles. The van der Waals surface area contributed by atoms with Crippen molar-refractivity contribution in [1.82, 2.24) is 4.98 Å². The molecule has 1 heterocycles. The van der Waals surface area contributed by atoms with Crippen LogP contribution in [-0.2, 0) is 6.42 Å². The quantitative estimate of drug-likeness (QED) is 0.851. The van der Waals surface area contributed by atoms with Crippen molar-refractivity contribution in [2.45, 2.75) is 17.4 Å². The van der Waals surface area contributed by atoms with Crippen LogP contribution in [0, 0.1) is 0 Å². The minimum atomic E-state index is -0.320. The number of thiazole rings is 1. The van der Waals surface area contributed by atoms with Gasteiger partial charge in [0, 0.05) is 32.6 Å². The molecule has 0 fully saturated rings. The number of aliphatic hydroxyl groups is 1. The Balaban J connectivity index is 1.82. The highest BCUT2D eigenvalue weighted by molar-refractivity contribution is 9.10. The highest BCUT2D eigenvalue weighted by atomic mass is 79.9. The average Bonchev–Trinajstić information content (AvgIpc) is 2.79. The van der Waals surface area contributed by atoms with E-state index in [2.05, 4.69) is 33.0 Å². The van der Waals surface area contributed by atoms with E-state index in [4.69, 9.17) is 0 Å². The fraction of sp³-hybridized carbons (Fsp3) is 0.250. The van der Waals surface area contributed by atoms with Gasteiger partial charge in [0.15, 0.2) is 0 Å². The lowest BCUT2D eigenvalue weighted by molar-refractivity contribution is 0.201. The van der Waals surface area contributed by atoms with Gasteiger partial charge in [-0.3, -0.25) is 4.98 Å². The van der Waals surface area contributed by atoms with Crippen molar-refractivity contribution in [2.75, 3.05) is 5.75 Å². The second-order valence-corrected chi connectivity index (χ2v) is 6.57. The van der Waals surface area contributed by atoms with Crippen LogP contribution in [0.5, 0.6) is 0 Å². The summed E-state index contributed by atoms with van der Waals surface area (Å²) in [6.07, 6.45) is 2.18. The largest absolute Gasteiger partial charge is 0.392 e. The van der Waals surface area contributed by atoms with Crippen LogP contribution in [0.3, 0.4) is 0 Å². The first-order valence-electron chi connectivity index (χ1n) is 5.18. The zero-order valence-corrected chi connectivity index (χ0v) is 12.3. The minimum Gasteiger partial charge on any atom is -0.392 e. The van der Waals surface area contributed by atoms with E-state index in [9.17, 15) is 5.11 Å². The smallest absolute Gasteiger partial charge is 0.0794 e. The fourth-order valence-electron chi connectivity index (χ4n) is 1.38. The molecule has 1 aromatic heterocycles. The van der Waals surface area contributed by atoms with Gasteiger partial charge in [-0.25, -0.2) is 0 Å². The number of thioether (sulfide) groups is 1. The van der Waals surface area contributed by atoms with Gasteiger partial charge in [0.05, 0.1) is 11.6 Å². The van der Waals surface area contributed by atoms with E-state index in [0.717, 1.165) is 9.35 Å². The first-order valence-corrected chi connectivity index (χ1v) is 7.83. The van der Waals surface area contributed by atoms with Crippen LogP contribution in [0.25, 0.3) is 0 Å². The van der Waals surface area contributed by atoms with Crippen molar-refractivity contribution in [1.29, 1.82) is 0 Å². The number of hydrogen-bond donors (Lipinski definition) is 1. The minimum absolute atomic E-state index is 0.320. The van der Waals surface area contributed by atoms with E-state index in [1.165, 1.54) is 4.90 Å². The predicted molar refractivity (Wildman–Crippen MR) is 76.7 cm³/mol. The predicted octanol–water partition coefficient (Wildman–Crippen LogP) is 3.60. The molecule has 1 aromatic carbocycles. The van der Waals surface area contributed by atoms with E-state index >= 15 is 0 Å². The molecule has 17 heavy (non-hydrogen) atoms. The van der Waals surface area contributed by atoms with Crippen LogP contribution in [0.4, 0.5) is 0 Å². The molecule has 0 radical (unpaired) electrons. The fourth-order valence-corrected chi connectivity index (χ4v) is 3.49. The lowest BCUT2D eigenvalue weighted by Crippen LogP contribution is -2.12. The molecule has 0 spiro atoms. The van der Waals surface area contributed by atoms with Crippen molar-refractivity contribution in [3.63, 3.8) is 0 Å². The molecular weight excluding hydrogens is 318 g/mol. The third-order valence-corrected chi connectivity index (χ3v) is 4.59. The summed E-state index contributed by atoms with van der Waals surface area (Å²) in [5.41, 5.74) is 1.80. The topological polar surface area (TPSA) is 33.1 Å². The Kier molecular flexibility index (Phi) is 5.03. The average molecular weight is 330 g/mol. The van der Waals surface area contributed by atoms with Crippen LogP contribution in [0.1, 0.15) is 4.88 Å². The number of aliphatic hydroxyl groups excluding tert-OH is 1. The van der Waals surface area contributed by atoms with Crippen molar-refractivity contribution in [3.8, 4) is 0 Å². The van der Waals surface area contributed by atoms with E-state index in [1.54, 1.807) is 28.6 Å². The maximum Gasteiger partial charge on any atom is 0.0794 e. The van der Waals surface area contributed by atoms with Gasteiger partial charge in [0.2, 0.25) is 0 Å². The van der Waals surface area contributed by atoms with Crippen molar-refractivity contribution < 1.29 is 5.11 Å². The molecule has 2 rings (SSSR count). The lowest BCUT2D eigenvalue weighted by Gasteiger charge is -2.08. The van der Waals surface area contributed by atoms with E-state index < -0.39 is 0 Å². The Morgan fingerprint density at radius 2 is 2.35 bits per heavy atom. The summed E-state index contributed by atoms with van der Waals surface area (Å²) in [5.74, 6) is 0.703. The van der Waals surface area contributed by atoms with Crippen LogP contribution in [0.15, 0.2) is 45.3 Å². The number of hydrogen-bond acceptors (Lipinski definition) is 4. The maximum atomic E-state index is 9.90. The number of benzene rings is 1. The van der Waals surface area contributed by atoms with Crippen LogP contribution >= 0.6 is 39.0 Å². The first-order chi connectivity index (χ1) is 8.24. The van der Waals surface area contributed by atoms with Gasteiger partial charge in [0.1, 0.15) is 0 Å². The second-order valence-electron chi connectivity index (χ2n) is 3.59. The molecule has 0 aliphatic rings. The van der Waals surface area contributed by atoms with Gasteiger partial charge >= 0.3 is 0 Å². The molecular formula is C12H12BrNOS2. The van der Waals surface area contributed by atoms with E-state index in [-0.39, 0.29) is 6.10 Å². The molecule has 2 nitrogen and oxygen atoms in total. The monoisotopic (exact) mass is 329 g/mol. The molecule has 90 valence electrons. The highest BCUT2D eigenvalue weighted by Gasteiger charge is 2.07. The standard InChI is InChI=1S/C12H12BrNOS2/c13-9-2-1-3-11(4-9)16-7-10(15)5-12-6-14-8-17-12/h1-4,6,8,10,15H,5,7H2. The summed E-state index contributed by atoms with van der Waals surface area (Å²) in [5, 5.41) is 9.90. The normalized spacial score (nSPS) is 12.6. The molecule has 2 aromatic rings. The number of halogens is 1. The van der Waals surface area contributed by atoms with Crippen LogP contribution < -0.4 is 0 Å². The zero-order valence-electron chi connectivity index (χ0n) is 9.04. The molecule has 0 aliphatic heterocycles. The summed E-state index contributed by atoms with van der Waals surface area (Å²) in [7, 11) is 0.